The first-order valence-electron chi connectivity index (χ1n) is 9.73. The summed E-state index contributed by atoms with van der Waals surface area (Å²) in [6.07, 6.45) is -2.06. The minimum Gasteiger partial charge on any atom is -0.471 e. The molecule has 0 saturated carbocycles. The van der Waals surface area contributed by atoms with Crippen LogP contribution in [0.3, 0.4) is 0 Å². The van der Waals surface area contributed by atoms with Gasteiger partial charge in [-0.05, 0) is 24.3 Å². The molecule has 3 heterocycles. The second kappa shape index (κ2) is 10.6. The number of ether oxygens (including phenoxy) is 4. The Bertz CT molecular complexity index is 1060. The maximum atomic E-state index is 14.7. The highest BCUT2D eigenvalue weighted by molar-refractivity contribution is 7.99. The number of pyridine rings is 2. The Morgan fingerprint density at radius 1 is 0.939 bits per heavy atom. The van der Waals surface area contributed by atoms with Gasteiger partial charge < -0.3 is 18.9 Å². The third-order valence-electron chi connectivity index (χ3n) is 4.40. The zero-order valence-electron chi connectivity index (χ0n) is 17.8. The summed E-state index contributed by atoms with van der Waals surface area (Å²) in [6.45, 7) is 3.47. The van der Waals surface area contributed by atoms with Crippen LogP contribution in [0, 0.1) is 11.9 Å². The molecular weight excluding hydrogens is 462 g/mol. The molecule has 0 N–H and O–H groups in total. The molecule has 1 aliphatic heterocycles. The second-order valence-electron chi connectivity index (χ2n) is 6.94. The van der Waals surface area contributed by atoms with Crippen molar-refractivity contribution in [2.75, 3.05) is 5.75 Å². The summed E-state index contributed by atoms with van der Waals surface area (Å²) in [7, 11) is 0. The van der Waals surface area contributed by atoms with Crippen molar-refractivity contribution < 1.29 is 42.1 Å². The van der Waals surface area contributed by atoms with Crippen molar-refractivity contribution in [1.29, 1.82) is 0 Å². The highest BCUT2D eigenvalue weighted by Crippen LogP contribution is 2.35. The molecule has 2 aromatic rings. The smallest absolute Gasteiger partial charge is 0.303 e. The van der Waals surface area contributed by atoms with Gasteiger partial charge in [0.25, 0.3) is 5.95 Å². The topological polar surface area (TPSA) is 114 Å². The van der Waals surface area contributed by atoms with Crippen LogP contribution in [0.4, 0.5) is 8.78 Å². The SMILES string of the molecule is CC(=O)O[C@@H]1[C@@H](OC(C)=O)[C@@H](Oc2ccc(-c3cccnc3F)nc2F)SC[C@H]1OC(C)=O. The molecule has 2 aromatic heterocycles. The van der Waals surface area contributed by atoms with Crippen LogP contribution in [-0.2, 0) is 28.6 Å². The summed E-state index contributed by atoms with van der Waals surface area (Å²) in [4.78, 5) is 42.0. The van der Waals surface area contributed by atoms with Crippen LogP contribution in [0.5, 0.6) is 5.75 Å². The van der Waals surface area contributed by atoms with E-state index >= 15 is 0 Å². The molecule has 0 bridgehead atoms. The van der Waals surface area contributed by atoms with Crippen LogP contribution in [0.15, 0.2) is 30.5 Å². The van der Waals surface area contributed by atoms with Crippen molar-refractivity contribution >= 4 is 29.7 Å². The minimum atomic E-state index is -1.22. The lowest BCUT2D eigenvalue weighted by Gasteiger charge is -2.39. The Morgan fingerprint density at radius 3 is 2.21 bits per heavy atom. The van der Waals surface area contributed by atoms with Gasteiger partial charge in [0.15, 0.2) is 29.5 Å². The van der Waals surface area contributed by atoms with Crippen molar-refractivity contribution in [2.45, 2.75) is 44.5 Å². The molecule has 0 aromatic carbocycles. The quantitative estimate of drug-likeness (QED) is 0.346. The van der Waals surface area contributed by atoms with Crippen LogP contribution in [-0.4, -0.2) is 57.4 Å². The largest absolute Gasteiger partial charge is 0.471 e. The van der Waals surface area contributed by atoms with E-state index in [9.17, 15) is 23.2 Å². The number of carbonyl (C=O) groups excluding carboxylic acids is 3. The number of aromatic nitrogens is 2. The monoisotopic (exact) mass is 482 g/mol. The normalized spacial score (nSPS) is 22.2. The van der Waals surface area contributed by atoms with Crippen molar-refractivity contribution in [1.82, 2.24) is 9.97 Å². The number of halogens is 2. The maximum Gasteiger partial charge on any atom is 0.303 e. The van der Waals surface area contributed by atoms with E-state index in [1.165, 1.54) is 37.4 Å². The van der Waals surface area contributed by atoms with Gasteiger partial charge in [0.1, 0.15) is 0 Å². The van der Waals surface area contributed by atoms with Crippen molar-refractivity contribution in [3.8, 4) is 17.0 Å². The summed E-state index contributed by atoms with van der Waals surface area (Å²) in [5.41, 5.74) is -1.01. The number of esters is 3. The van der Waals surface area contributed by atoms with Gasteiger partial charge in [-0.3, -0.25) is 14.4 Å². The Hall–Kier alpha value is -3.28. The second-order valence-corrected chi connectivity index (χ2v) is 8.07. The molecule has 0 unspecified atom stereocenters. The molecule has 1 saturated heterocycles. The van der Waals surface area contributed by atoms with Crippen LogP contribution in [0.1, 0.15) is 20.8 Å². The summed E-state index contributed by atoms with van der Waals surface area (Å²) < 4.78 is 50.1. The number of hydrogen-bond donors (Lipinski definition) is 0. The average molecular weight is 482 g/mol. The van der Waals surface area contributed by atoms with E-state index in [1.54, 1.807) is 0 Å². The first-order chi connectivity index (χ1) is 15.7. The van der Waals surface area contributed by atoms with E-state index in [-0.39, 0.29) is 22.8 Å². The van der Waals surface area contributed by atoms with Crippen LogP contribution < -0.4 is 4.74 Å². The first kappa shape index (κ1) is 24.4. The number of rotatable bonds is 6. The van der Waals surface area contributed by atoms with E-state index in [0.717, 1.165) is 25.6 Å². The van der Waals surface area contributed by atoms with E-state index in [4.69, 9.17) is 18.9 Å². The number of carbonyl (C=O) groups is 3. The zero-order chi connectivity index (χ0) is 24.1. The molecule has 0 spiro atoms. The molecule has 12 heteroatoms. The number of nitrogens with zero attached hydrogens (tertiary/aromatic N) is 2. The molecule has 33 heavy (non-hydrogen) atoms. The van der Waals surface area contributed by atoms with Gasteiger partial charge in [0, 0.05) is 32.7 Å². The van der Waals surface area contributed by atoms with Crippen molar-refractivity contribution in [3.05, 3.63) is 42.4 Å². The fraction of sp³-hybridized carbons (Fsp3) is 0.381. The molecule has 3 rings (SSSR count). The molecule has 9 nitrogen and oxygen atoms in total. The van der Waals surface area contributed by atoms with E-state index in [1.807, 2.05) is 0 Å². The third kappa shape index (κ3) is 6.15. The fourth-order valence-corrected chi connectivity index (χ4v) is 4.38. The molecule has 0 aliphatic carbocycles. The van der Waals surface area contributed by atoms with Gasteiger partial charge in [-0.25, -0.2) is 9.97 Å². The van der Waals surface area contributed by atoms with Gasteiger partial charge in [0.2, 0.25) is 5.95 Å². The summed E-state index contributed by atoms with van der Waals surface area (Å²) >= 11 is 1.07. The average Bonchev–Trinajstić information content (AvgIpc) is 2.73. The standard InChI is InChI=1S/C21H20F2N2O7S/c1-10(26)29-16-9-33-21(18(31-12(3)28)17(16)30-11(2)27)32-15-7-6-14(25-20(15)23)13-5-4-8-24-19(13)22/h4-8,16-18,21H,9H2,1-3H3/t16-,17+,18-,21+/m1/s1. The fourth-order valence-electron chi connectivity index (χ4n) is 3.17. The van der Waals surface area contributed by atoms with Crippen LogP contribution in [0.2, 0.25) is 0 Å². The summed E-state index contributed by atoms with van der Waals surface area (Å²) in [5, 5.41) is 0. The lowest BCUT2D eigenvalue weighted by Crippen LogP contribution is -2.55. The molecule has 4 atom stereocenters. The summed E-state index contributed by atoms with van der Waals surface area (Å²) in [5.74, 6) is -4.06. The highest BCUT2D eigenvalue weighted by atomic mass is 32.2. The summed E-state index contributed by atoms with van der Waals surface area (Å²) in [6, 6.07) is 5.48. The molecule has 176 valence electrons. The van der Waals surface area contributed by atoms with E-state index < -0.39 is 53.6 Å². The Kier molecular flexibility index (Phi) is 7.79. The Balaban J connectivity index is 1.87. The predicted molar refractivity (Wildman–Crippen MR) is 111 cm³/mol. The lowest BCUT2D eigenvalue weighted by atomic mass is 10.1. The minimum absolute atomic E-state index is 0.00555. The molecule has 1 fully saturated rings. The Morgan fingerprint density at radius 2 is 1.61 bits per heavy atom. The molecular formula is C21H20F2N2O7S. The number of thioether (sulfide) groups is 1. The molecule has 0 radical (unpaired) electrons. The van der Waals surface area contributed by atoms with Crippen LogP contribution in [0.25, 0.3) is 11.3 Å². The van der Waals surface area contributed by atoms with Gasteiger partial charge in [0.05, 0.1) is 11.3 Å². The molecule has 1 aliphatic rings. The van der Waals surface area contributed by atoms with Crippen molar-refractivity contribution in [3.63, 3.8) is 0 Å². The third-order valence-corrected chi connectivity index (χ3v) is 5.61. The lowest BCUT2D eigenvalue weighted by molar-refractivity contribution is -0.186. The molecule has 0 amide bonds. The van der Waals surface area contributed by atoms with Gasteiger partial charge in [-0.15, -0.1) is 11.8 Å². The van der Waals surface area contributed by atoms with Gasteiger partial charge in [-0.1, -0.05) is 0 Å². The predicted octanol–water partition coefficient (Wildman–Crippen LogP) is 2.67. The maximum absolute atomic E-state index is 14.7. The first-order valence-corrected chi connectivity index (χ1v) is 10.8. The number of hydrogen-bond acceptors (Lipinski definition) is 10. The van der Waals surface area contributed by atoms with Gasteiger partial charge in [-0.2, -0.15) is 8.78 Å². The van der Waals surface area contributed by atoms with E-state index in [2.05, 4.69) is 9.97 Å². The van der Waals surface area contributed by atoms with Crippen molar-refractivity contribution in [2.24, 2.45) is 0 Å². The Labute approximate surface area is 191 Å². The van der Waals surface area contributed by atoms with Crippen LogP contribution >= 0.6 is 11.8 Å². The highest BCUT2D eigenvalue weighted by Gasteiger charge is 2.48. The zero-order valence-corrected chi connectivity index (χ0v) is 18.6. The van der Waals surface area contributed by atoms with Gasteiger partial charge >= 0.3 is 17.9 Å². The van der Waals surface area contributed by atoms with E-state index in [0.29, 0.717) is 0 Å².